The molecule has 312 valence electrons. The first kappa shape index (κ1) is 46.6. The van der Waals surface area contributed by atoms with E-state index in [9.17, 15) is 29.2 Å². The summed E-state index contributed by atoms with van der Waals surface area (Å²) in [6, 6.07) is 2.02. The Bertz CT molecular complexity index is 1690. The Balaban J connectivity index is 1.95. The molecule has 2 amide bonds. The van der Waals surface area contributed by atoms with Crippen molar-refractivity contribution in [2.24, 2.45) is 11.8 Å². The molecule has 0 spiro atoms. The number of benzene rings is 1. The highest BCUT2D eigenvalue weighted by molar-refractivity contribution is 8.26. The van der Waals surface area contributed by atoms with Crippen molar-refractivity contribution in [1.29, 1.82) is 5.26 Å². The summed E-state index contributed by atoms with van der Waals surface area (Å²) >= 11 is 4.49. The number of fused-ring (bicyclic) bond motifs is 2. The predicted octanol–water partition coefficient (Wildman–Crippen LogP) is 10.8. The zero-order valence-corrected chi connectivity index (χ0v) is 37.7. The lowest BCUT2D eigenvalue weighted by molar-refractivity contribution is -0.147. The smallest absolute Gasteiger partial charge is 0.350 e. The Morgan fingerprint density at radius 1 is 0.632 bits per heavy atom. The van der Waals surface area contributed by atoms with E-state index in [4.69, 9.17) is 14.2 Å². The second-order valence-electron chi connectivity index (χ2n) is 14.2. The number of nitriles is 1. The molecule has 1 aromatic rings. The second-order valence-corrected chi connectivity index (χ2v) is 18.8. The molecule has 2 unspecified atom stereocenters. The molecule has 0 aliphatic carbocycles. The molecule has 1 fully saturated rings. The van der Waals surface area contributed by atoms with Crippen LogP contribution in [0.1, 0.15) is 138 Å². The van der Waals surface area contributed by atoms with E-state index in [0.29, 0.717) is 73.2 Å². The molecule has 1 aromatic carbocycles. The molecule has 57 heavy (non-hydrogen) atoms. The minimum atomic E-state index is -0.760. The lowest BCUT2D eigenvalue weighted by Crippen LogP contribution is -2.42. The molecular weight excluding hydrogens is 803 g/mol. The zero-order valence-electron chi connectivity index (χ0n) is 34.4. The first-order chi connectivity index (χ1) is 27.5. The van der Waals surface area contributed by atoms with Crippen molar-refractivity contribution >= 4 is 76.8 Å². The summed E-state index contributed by atoms with van der Waals surface area (Å²) in [6.07, 6.45) is 10.5. The van der Waals surface area contributed by atoms with E-state index in [1.807, 2.05) is 40.7 Å². The zero-order chi connectivity index (χ0) is 41.6. The fourth-order valence-corrected chi connectivity index (χ4v) is 11.8. The fourth-order valence-electron chi connectivity index (χ4n) is 6.40. The number of amides is 2. The molecule has 3 aliphatic rings. The quantitative estimate of drug-likeness (QED) is 0.0273. The van der Waals surface area contributed by atoms with E-state index in [1.54, 1.807) is 10.0 Å². The largest absolute Gasteiger partial charge is 0.462 e. The van der Waals surface area contributed by atoms with Crippen LogP contribution in [0.2, 0.25) is 0 Å². The van der Waals surface area contributed by atoms with E-state index in [0.717, 1.165) is 105 Å². The van der Waals surface area contributed by atoms with Crippen molar-refractivity contribution < 1.29 is 38.2 Å². The van der Waals surface area contributed by atoms with Gasteiger partial charge in [0, 0.05) is 13.1 Å². The number of nitrogens with zero attached hydrogens (tertiary/aromatic N) is 3. The van der Waals surface area contributed by atoms with Gasteiger partial charge in [-0.15, -0.1) is 0 Å². The van der Waals surface area contributed by atoms with Gasteiger partial charge in [-0.05, 0) is 44.9 Å². The van der Waals surface area contributed by atoms with Gasteiger partial charge in [0.2, 0.25) is 0 Å². The molecule has 0 N–H and O–H groups in total. The molecule has 11 nitrogen and oxygen atoms in total. The van der Waals surface area contributed by atoms with Crippen LogP contribution in [0.4, 0.5) is 0 Å². The number of unbranched alkanes of at least 4 members (excludes halogenated alkanes) is 5. The van der Waals surface area contributed by atoms with Crippen LogP contribution in [-0.4, -0.2) is 59.4 Å². The number of hydrogen-bond acceptors (Lipinski definition) is 13. The number of esters is 3. The average Bonchev–Trinajstić information content (AvgIpc) is 3.89. The molecule has 2 atom stereocenters. The van der Waals surface area contributed by atoms with Gasteiger partial charge in [0.15, 0.2) is 17.1 Å². The summed E-state index contributed by atoms with van der Waals surface area (Å²) in [6.45, 7) is 15.0. The van der Waals surface area contributed by atoms with Crippen LogP contribution in [0, 0.1) is 23.2 Å². The highest BCUT2D eigenvalue weighted by atomic mass is 32.2. The third-order valence-corrected chi connectivity index (χ3v) is 15.2. The Morgan fingerprint density at radius 3 is 1.44 bits per heavy atom. The van der Waals surface area contributed by atoms with Gasteiger partial charge in [0.05, 0.1) is 46.5 Å². The van der Waals surface area contributed by atoms with Crippen LogP contribution in [0.25, 0.3) is 0 Å². The van der Waals surface area contributed by atoms with Gasteiger partial charge in [-0.2, -0.15) is 5.26 Å². The molecule has 0 aromatic heterocycles. The minimum Gasteiger partial charge on any atom is -0.462 e. The molecule has 15 heteroatoms. The number of hydrogen-bond donors (Lipinski definition) is 0. The molecule has 0 saturated carbocycles. The predicted molar refractivity (Wildman–Crippen MR) is 227 cm³/mol. The number of hydrazine groups is 1. The number of carbonyl (C=O) groups is 5. The summed E-state index contributed by atoms with van der Waals surface area (Å²) < 4.78 is 18.9. The SMILES string of the molecule is CCCCOC(=O)C(C#N)=C1Sc2c(OC(=O)C(CC)CCCC)c3c(c(OC(=O)C(CC)CCCC)c2S1)SC(=C1C(=O)N(CCCC)N(CCCC)C1=O)S3. The fraction of sp³-hybridized carbons (Fsp3) is 0.619. The van der Waals surface area contributed by atoms with Crippen molar-refractivity contribution in [3.05, 3.63) is 19.6 Å². The molecule has 3 aliphatic heterocycles. The van der Waals surface area contributed by atoms with Crippen molar-refractivity contribution in [3.8, 4) is 17.6 Å². The maximum absolute atomic E-state index is 14.1. The number of rotatable bonds is 22. The molecule has 0 radical (unpaired) electrons. The van der Waals surface area contributed by atoms with E-state index >= 15 is 0 Å². The van der Waals surface area contributed by atoms with Crippen LogP contribution in [-0.2, 0) is 28.7 Å². The first-order valence-electron chi connectivity index (χ1n) is 20.6. The van der Waals surface area contributed by atoms with Crippen molar-refractivity contribution in [1.82, 2.24) is 10.0 Å². The lowest BCUT2D eigenvalue weighted by atomic mass is 10.00. The molecule has 1 saturated heterocycles. The highest BCUT2D eigenvalue weighted by Gasteiger charge is 2.47. The second kappa shape index (κ2) is 22.9. The van der Waals surface area contributed by atoms with Gasteiger partial charge in [0.1, 0.15) is 11.6 Å². The summed E-state index contributed by atoms with van der Waals surface area (Å²) in [4.78, 5) is 71.2. The Hall–Kier alpha value is -3.06. The number of thioether (sulfide) groups is 4. The lowest BCUT2D eigenvalue weighted by Gasteiger charge is -2.27. The normalized spacial score (nSPS) is 15.8. The molecular formula is C42H57N3O8S4. The highest BCUT2D eigenvalue weighted by Crippen LogP contribution is 2.69. The topological polar surface area (TPSA) is 143 Å². The molecule has 0 bridgehead atoms. The van der Waals surface area contributed by atoms with E-state index < -0.39 is 17.9 Å². The maximum atomic E-state index is 14.1. The summed E-state index contributed by atoms with van der Waals surface area (Å²) in [5, 5.41) is 13.3. The van der Waals surface area contributed by atoms with Crippen LogP contribution in [0.3, 0.4) is 0 Å². The summed E-state index contributed by atoms with van der Waals surface area (Å²) in [5.41, 5.74) is -0.158. The van der Waals surface area contributed by atoms with Crippen LogP contribution < -0.4 is 9.47 Å². The standard InChI is InChI=1S/C42H57N3O8S4/c1-8-15-20-26(13-6)38(48)52-30-32-33(55-41(54-32)28(25-43)40(50)51-24-19-12-5)31(53-39(49)27(14-7)21-16-9-2)35-34(30)56-42(57-35)29-36(46)44(22-17-10-3)45(37(29)47)23-18-11-4/h26-27H,8-24H2,1-7H3. The average molecular weight is 860 g/mol. The van der Waals surface area contributed by atoms with Crippen molar-refractivity contribution in [2.75, 3.05) is 19.7 Å². The monoisotopic (exact) mass is 859 g/mol. The van der Waals surface area contributed by atoms with Gasteiger partial charge >= 0.3 is 17.9 Å². The van der Waals surface area contributed by atoms with E-state index in [1.165, 1.54) is 0 Å². The van der Waals surface area contributed by atoms with Gasteiger partial charge in [-0.25, -0.2) is 14.8 Å². The van der Waals surface area contributed by atoms with E-state index in [2.05, 4.69) is 13.8 Å². The third kappa shape index (κ3) is 11.0. The minimum absolute atomic E-state index is 0.0364. The van der Waals surface area contributed by atoms with Gasteiger partial charge in [-0.3, -0.25) is 19.2 Å². The first-order valence-corrected chi connectivity index (χ1v) is 23.9. The molecule has 3 heterocycles. The summed E-state index contributed by atoms with van der Waals surface area (Å²) in [5.74, 6) is -2.77. The molecule has 4 rings (SSSR count). The van der Waals surface area contributed by atoms with E-state index in [-0.39, 0.29) is 52.9 Å². The van der Waals surface area contributed by atoms with Gasteiger partial charge in [-0.1, -0.05) is 140 Å². The van der Waals surface area contributed by atoms with Crippen molar-refractivity contribution in [2.45, 2.75) is 158 Å². The summed E-state index contributed by atoms with van der Waals surface area (Å²) in [7, 11) is 0. The van der Waals surface area contributed by atoms with Crippen LogP contribution >= 0.6 is 47.0 Å². The third-order valence-electron chi connectivity index (χ3n) is 9.98. The Morgan fingerprint density at radius 2 is 1.05 bits per heavy atom. The maximum Gasteiger partial charge on any atom is 0.350 e. The number of carbonyl (C=O) groups excluding carboxylic acids is 5. The van der Waals surface area contributed by atoms with Crippen LogP contribution in [0.5, 0.6) is 11.5 Å². The van der Waals surface area contributed by atoms with Crippen LogP contribution in [0.15, 0.2) is 39.2 Å². The number of ether oxygens (including phenoxy) is 3. The van der Waals surface area contributed by atoms with Gasteiger partial charge < -0.3 is 14.2 Å². The Labute approximate surface area is 355 Å². The van der Waals surface area contributed by atoms with Gasteiger partial charge in [0.25, 0.3) is 11.8 Å². The Kier molecular flexibility index (Phi) is 18.7. The van der Waals surface area contributed by atoms with Crippen molar-refractivity contribution in [3.63, 3.8) is 0 Å².